The third-order valence-electron chi connectivity index (χ3n) is 1.71. The van der Waals surface area contributed by atoms with Crippen LogP contribution in [-0.2, 0) is 9.53 Å². The van der Waals surface area contributed by atoms with E-state index in [1.54, 1.807) is 6.92 Å². The van der Waals surface area contributed by atoms with Crippen LogP contribution in [0.25, 0.3) is 0 Å². The highest BCUT2D eigenvalue weighted by Crippen LogP contribution is 1.93. The van der Waals surface area contributed by atoms with Gasteiger partial charge in [-0.1, -0.05) is 32.0 Å². The molecule has 0 atom stereocenters. The van der Waals surface area contributed by atoms with Gasteiger partial charge in [0.1, 0.15) is 0 Å². The summed E-state index contributed by atoms with van der Waals surface area (Å²) in [5.74, 6) is -0.250. The second-order valence-electron chi connectivity index (χ2n) is 3.04. The molecular weight excluding hydrogens is 198 g/mol. The van der Waals surface area contributed by atoms with Crippen LogP contribution in [0.15, 0.2) is 0 Å². The Hall–Kier alpha value is -0.640. The van der Waals surface area contributed by atoms with Gasteiger partial charge in [0.2, 0.25) is 0 Å². The zero-order valence-electron chi connectivity index (χ0n) is 8.97. The topological polar surface area (TPSA) is 38.3 Å². The Morgan fingerprint density at radius 2 is 2.07 bits per heavy atom. The molecule has 0 aliphatic heterocycles. The van der Waals surface area contributed by atoms with Gasteiger partial charge in [-0.15, -0.1) is 0 Å². The van der Waals surface area contributed by atoms with Gasteiger partial charge in [0.15, 0.2) is 0 Å². The molecule has 3 nitrogen and oxygen atoms in total. The Morgan fingerprint density at radius 1 is 1.36 bits per heavy atom. The van der Waals surface area contributed by atoms with E-state index in [-0.39, 0.29) is 12.4 Å². The van der Waals surface area contributed by atoms with Crippen LogP contribution < -0.4 is 5.32 Å². The zero-order valence-corrected chi connectivity index (χ0v) is 9.78. The summed E-state index contributed by atoms with van der Waals surface area (Å²) >= 11 is 4.98. The Morgan fingerprint density at radius 3 is 2.64 bits per heavy atom. The molecule has 0 aromatic carbocycles. The van der Waals surface area contributed by atoms with E-state index < -0.39 is 0 Å². The molecule has 0 fully saturated rings. The minimum Gasteiger partial charge on any atom is -0.466 e. The van der Waals surface area contributed by atoms with Gasteiger partial charge in [-0.2, -0.15) is 0 Å². The van der Waals surface area contributed by atoms with Gasteiger partial charge in [-0.25, -0.2) is 0 Å². The highest BCUT2D eigenvalue weighted by atomic mass is 32.1. The molecule has 1 N–H and O–H groups in total. The zero-order chi connectivity index (χ0) is 10.8. The van der Waals surface area contributed by atoms with Crippen molar-refractivity contribution in [3.8, 4) is 0 Å². The van der Waals surface area contributed by atoms with Crippen LogP contribution in [0.1, 0.15) is 39.5 Å². The van der Waals surface area contributed by atoms with Gasteiger partial charge in [-0.3, -0.25) is 4.79 Å². The van der Waals surface area contributed by atoms with Crippen LogP contribution in [0.4, 0.5) is 0 Å². The predicted octanol–water partition coefficient (Wildman–Crippen LogP) is 2.05. The first-order valence-electron chi connectivity index (χ1n) is 5.13. The molecule has 0 rings (SSSR count). The van der Waals surface area contributed by atoms with E-state index in [0.29, 0.717) is 11.6 Å². The number of hydrogen-bond acceptors (Lipinski definition) is 3. The van der Waals surface area contributed by atoms with Crippen LogP contribution in [0.3, 0.4) is 0 Å². The summed E-state index contributed by atoms with van der Waals surface area (Å²) in [4.78, 5) is 11.6. The van der Waals surface area contributed by atoms with Crippen LogP contribution in [0.5, 0.6) is 0 Å². The summed E-state index contributed by atoms with van der Waals surface area (Å²) < 4.78 is 4.77. The summed E-state index contributed by atoms with van der Waals surface area (Å²) in [6, 6.07) is 0. The van der Waals surface area contributed by atoms with Crippen molar-refractivity contribution in [2.24, 2.45) is 0 Å². The van der Waals surface area contributed by atoms with Crippen molar-refractivity contribution in [2.75, 3.05) is 13.2 Å². The van der Waals surface area contributed by atoms with Gasteiger partial charge in [0.05, 0.1) is 18.0 Å². The molecular formula is C10H19NO2S. The Bertz CT molecular complexity index is 183. The second kappa shape index (κ2) is 8.94. The highest BCUT2D eigenvalue weighted by molar-refractivity contribution is 7.80. The maximum absolute atomic E-state index is 11.0. The van der Waals surface area contributed by atoms with Crippen LogP contribution in [-0.4, -0.2) is 24.1 Å². The lowest BCUT2D eigenvalue weighted by molar-refractivity contribution is -0.141. The molecule has 0 aromatic rings. The number of ether oxygens (including phenoxy) is 1. The summed E-state index contributed by atoms with van der Waals surface area (Å²) in [7, 11) is 0. The van der Waals surface area contributed by atoms with Crippen molar-refractivity contribution in [1.82, 2.24) is 5.32 Å². The number of rotatable bonds is 7. The van der Waals surface area contributed by atoms with Crippen molar-refractivity contribution in [1.29, 1.82) is 0 Å². The first-order chi connectivity index (χ1) is 6.70. The fourth-order valence-corrected chi connectivity index (χ4v) is 1.23. The molecule has 0 spiro atoms. The van der Waals surface area contributed by atoms with E-state index in [2.05, 4.69) is 12.2 Å². The van der Waals surface area contributed by atoms with Crippen molar-refractivity contribution >= 4 is 23.2 Å². The number of esters is 1. The Kier molecular flexibility index (Phi) is 8.53. The van der Waals surface area contributed by atoms with E-state index in [1.807, 2.05) is 0 Å². The van der Waals surface area contributed by atoms with Gasteiger partial charge in [0.25, 0.3) is 0 Å². The van der Waals surface area contributed by atoms with Gasteiger partial charge in [0, 0.05) is 6.54 Å². The fourth-order valence-electron chi connectivity index (χ4n) is 1.01. The summed E-state index contributed by atoms with van der Waals surface area (Å²) in [5.41, 5.74) is 0. The molecule has 0 aromatic heterocycles. The van der Waals surface area contributed by atoms with Crippen molar-refractivity contribution in [2.45, 2.75) is 39.5 Å². The summed E-state index contributed by atoms with van der Waals surface area (Å²) in [5, 5.41) is 3.04. The summed E-state index contributed by atoms with van der Waals surface area (Å²) in [6.07, 6.45) is 3.68. The van der Waals surface area contributed by atoms with Crippen LogP contribution in [0.2, 0.25) is 0 Å². The Labute approximate surface area is 91.2 Å². The molecule has 82 valence electrons. The lowest BCUT2D eigenvalue weighted by Crippen LogP contribution is -2.25. The van der Waals surface area contributed by atoms with E-state index in [4.69, 9.17) is 17.0 Å². The van der Waals surface area contributed by atoms with E-state index >= 15 is 0 Å². The average Bonchev–Trinajstić information content (AvgIpc) is 2.13. The van der Waals surface area contributed by atoms with E-state index in [9.17, 15) is 4.79 Å². The van der Waals surface area contributed by atoms with E-state index in [1.165, 1.54) is 12.8 Å². The first kappa shape index (κ1) is 13.4. The highest BCUT2D eigenvalue weighted by Gasteiger charge is 2.05. The minimum atomic E-state index is -0.250. The molecule has 0 saturated carbocycles. The first-order valence-corrected chi connectivity index (χ1v) is 5.53. The van der Waals surface area contributed by atoms with Crippen molar-refractivity contribution in [3.05, 3.63) is 0 Å². The largest absolute Gasteiger partial charge is 0.466 e. The van der Waals surface area contributed by atoms with Crippen LogP contribution in [0, 0.1) is 0 Å². The lowest BCUT2D eigenvalue weighted by atomic mass is 10.2. The molecule has 0 bridgehead atoms. The number of hydrogen-bond donors (Lipinski definition) is 1. The van der Waals surface area contributed by atoms with Gasteiger partial charge < -0.3 is 10.1 Å². The molecule has 0 radical (unpaired) electrons. The number of carbonyl (C=O) groups is 1. The Balaban J connectivity index is 3.40. The fraction of sp³-hybridized carbons (Fsp3) is 0.800. The molecule has 0 saturated heterocycles. The molecule has 0 aliphatic rings. The SMILES string of the molecule is CCCCCNC(=S)CC(=O)OCC. The van der Waals surface area contributed by atoms with Crippen LogP contribution >= 0.6 is 12.2 Å². The van der Waals surface area contributed by atoms with Crippen molar-refractivity contribution < 1.29 is 9.53 Å². The molecule has 0 unspecified atom stereocenters. The predicted molar refractivity (Wildman–Crippen MR) is 61.4 cm³/mol. The third kappa shape index (κ3) is 7.98. The second-order valence-corrected chi connectivity index (χ2v) is 3.53. The quantitative estimate of drug-likeness (QED) is 0.402. The van der Waals surface area contributed by atoms with Gasteiger partial charge in [-0.05, 0) is 13.3 Å². The maximum Gasteiger partial charge on any atom is 0.312 e. The molecule has 0 aliphatic carbocycles. The monoisotopic (exact) mass is 217 g/mol. The normalized spacial score (nSPS) is 9.57. The number of carbonyl (C=O) groups excluding carboxylic acids is 1. The van der Waals surface area contributed by atoms with Crippen molar-refractivity contribution in [3.63, 3.8) is 0 Å². The lowest BCUT2D eigenvalue weighted by Gasteiger charge is -2.06. The molecule has 14 heavy (non-hydrogen) atoms. The molecule has 0 amide bonds. The summed E-state index contributed by atoms with van der Waals surface area (Å²) in [6.45, 7) is 5.20. The standard InChI is InChI=1S/C10H19NO2S/c1-3-5-6-7-11-9(14)8-10(12)13-4-2/h3-8H2,1-2H3,(H,11,14). The smallest absolute Gasteiger partial charge is 0.312 e. The number of thiocarbonyl (C=S) groups is 1. The third-order valence-corrected chi connectivity index (χ3v) is 2.00. The average molecular weight is 217 g/mol. The number of nitrogens with one attached hydrogen (secondary N) is 1. The molecule has 4 heteroatoms. The molecule has 0 heterocycles. The number of unbranched alkanes of at least 4 members (excludes halogenated alkanes) is 2. The minimum absolute atomic E-state index is 0.204. The van der Waals surface area contributed by atoms with Gasteiger partial charge >= 0.3 is 5.97 Å². The van der Waals surface area contributed by atoms with E-state index in [0.717, 1.165) is 13.0 Å². The maximum atomic E-state index is 11.0.